The number of anilines is 1. The lowest BCUT2D eigenvalue weighted by atomic mass is 9.95. The average Bonchev–Trinajstić information content (AvgIpc) is 3.17. The van der Waals surface area contributed by atoms with Gasteiger partial charge in [-0.15, -0.1) is 0 Å². The minimum absolute atomic E-state index is 0.0319. The first-order valence-electron chi connectivity index (χ1n) is 11.5. The number of carbonyl (C=O) groups is 2. The largest absolute Gasteiger partial charge is 0.507 e. The van der Waals surface area contributed by atoms with Crippen molar-refractivity contribution < 1.29 is 24.2 Å². The Balaban J connectivity index is 1.85. The molecule has 1 saturated heterocycles. The predicted molar refractivity (Wildman–Crippen MR) is 136 cm³/mol. The Kier molecular flexibility index (Phi) is 7.07. The van der Waals surface area contributed by atoms with Crippen molar-refractivity contribution in [1.29, 1.82) is 5.26 Å². The van der Waals surface area contributed by atoms with Crippen molar-refractivity contribution in [2.45, 2.75) is 19.9 Å². The molecule has 1 aliphatic rings. The van der Waals surface area contributed by atoms with Crippen molar-refractivity contribution in [1.82, 2.24) is 0 Å². The van der Waals surface area contributed by atoms with Gasteiger partial charge in [-0.05, 0) is 60.0 Å². The smallest absolute Gasteiger partial charge is 0.300 e. The standard InChI is InChI=1S/C29H26N2O5/c1-18(2)17-36-24-6-4-5-21(15-24)27(32)25-26(20-9-13-23(35-3)14-10-20)31(29(34)28(25)33)22-11-7-19(16-30)8-12-22/h4-15,18,26,32H,17H2,1-3H3/b27-25-. The van der Waals surface area contributed by atoms with Gasteiger partial charge in [-0.25, -0.2) is 0 Å². The number of amides is 1. The molecule has 3 aromatic carbocycles. The summed E-state index contributed by atoms with van der Waals surface area (Å²) in [5, 5.41) is 20.5. The van der Waals surface area contributed by atoms with Crippen LogP contribution in [-0.4, -0.2) is 30.5 Å². The first-order valence-corrected chi connectivity index (χ1v) is 11.5. The Hall–Kier alpha value is -4.57. The summed E-state index contributed by atoms with van der Waals surface area (Å²) in [5.41, 5.74) is 1.82. The minimum Gasteiger partial charge on any atom is -0.507 e. The van der Waals surface area contributed by atoms with Crippen molar-refractivity contribution >= 4 is 23.1 Å². The summed E-state index contributed by atoms with van der Waals surface area (Å²) in [5.74, 6) is -0.380. The van der Waals surface area contributed by atoms with Gasteiger partial charge in [0.15, 0.2) is 0 Å². The lowest BCUT2D eigenvalue weighted by Crippen LogP contribution is -2.29. The van der Waals surface area contributed by atoms with Crippen LogP contribution in [0, 0.1) is 17.2 Å². The first-order chi connectivity index (χ1) is 17.3. The molecule has 1 fully saturated rings. The molecule has 0 aliphatic carbocycles. The Morgan fingerprint density at radius 1 is 1.03 bits per heavy atom. The van der Waals surface area contributed by atoms with Crippen LogP contribution in [0.3, 0.4) is 0 Å². The predicted octanol–water partition coefficient (Wildman–Crippen LogP) is 5.23. The van der Waals surface area contributed by atoms with Crippen molar-refractivity contribution in [3.05, 3.63) is 95.1 Å². The summed E-state index contributed by atoms with van der Waals surface area (Å²) in [7, 11) is 1.55. The third-order valence-corrected chi connectivity index (χ3v) is 5.84. The van der Waals surface area contributed by atoms with Crippen LogP contribution in [0.25, 0.3) is 5.76 Å². The molecule has 0 aromatic heterocycles. The van der Waals surface area contributed by atoms with E-state index in [1.165, 1.54) is 4.90 Å². The van der Waals surface area contributed by atoms with E-state index in [1.54, 1.807) is 79.9 Å². The number of hydrogen-bond acceptors (Lipinski definition) is 6. The van der Waals surface area contributed by atoms with Crippen LogP contribution in [0.4, 0.5) is 5.69 Å². The van der Waals surface area contributed by atoms with Crippen LogP contribution < -0.4 is 14.4 Å². The summed E-state index contributed by atoms with van der Waals surface area (Å²) in [6, 6.07) is 21.3. The highest BCUT2D eigenvalue weighted by molar-refractivity contribution is 6.51. The topological polar surface area (TPSA) is 99.9 Å². The summed E-state index contributed by atoms with van der Waals surface area (Å²) in [6.45, 7) is 4.56. The van der Waals surface area contributed by atoms with Gasteiger partial charge in [-0.3, -0.25) is 14.5 Å². The first kappa shape index (κ1) is 24.6. The highest BCUT2D eigenvalue weighted by Gasteiger charge is 2.47. The molecule has 1 heterocycles. The van der Waals surface area contributed by atoms with Crippen LogP contribution in [-0.2, 0) is 9.59 Å². The minimum atomic E-state index is -0.885. The van der Waals surface area contributed by atoms with E-state index in [0.29, 0.717) is 46.4 Å². The van der Waals surface area contributed by atoms with Crippen LogP contribution in [0.1, 0.15) is 36.6 Å². The highest BCUT2D eigenvalue weighted by Crippen LogP contribution is 2.42. The molecule has 1 amide bonds. The van der Waals surface area contributed by atoms with Gasteiger partial charge >= 0.3 is 0 Å². The second kappa shape index (κ2) is 10.4. The number of Topliss-reactive ketones (excluding diaryl/α,β-unsaturated/α-hetero) is 1. The number of hydrogen-bond donors (Lipinski definition) is 1. The fraction of sp³-hybridized carbons (Fsp3) is 0.207. The summed E-state index contributed by atoms with van der Waals surface area (Å²) in [6.07, 6.45) is 0. The molecular formula is C29H26N2O5. The molecular weight excluding hydrogens is 456 g/mol. The fourth-order valence-corrected chi connectivity index (χ4v) is 4.05. The zero-order valence-corrected chi connectivity index (χ0v) is 20.3. The second-order valence-corrected chi connectivity index (χ2v) is 8.83. The van der Waals surface area contributed by atoms with Crippen molar-refractivity contribution in [3.8, 4) is 17.6 Å². The van der Waals surface area contributed by atoms with E-state index in [0.717, 1.165) is 0 Å². The van der Waals surface area contributed by atoms with E-state index in [1.807, 2.05) is 19.9 Å². The van der Waals surface area contributed by atoms with E-state index in [2.05, 4.69) is 0 Å². The normalized spacial score (nSPS) is 16.8. The Morgan fingerprint density at radius 3 is 2.33 bits per heavy atom. The second-order valence-electron chi connectivity index (χ2n) is 8.83. The molecule has 1 atom stereocenters. The lowest BCUT2D eigenvalue weighted by Gasteiger charge is -2.25. The quantitative estimate of drug-likeness (QED) is 0.281. The van der Waals surface area contributed by atoms with E-state index < -0.39 is 17.7 Å². The highest BCUT2D eigenvalue weighted by atomic mass is 16.5. The van der Waals surface area contributed by atoms with Gasteiger partial charge in [-0.1, -0.05) is 38.1 Å². The average molecular weight is 483 g/mol. The molecule has 1 aliphatic heterocycles. The third-order valence-electron chi connectivity index (χ3n) is 5.84. The van der Waals surface area contributed by atoms with E-state index >= 15 is 0 Å². The fourth-order valence-electron chi connectivity index (χ4n) is 4.05. The molecule has 4 rings (SSSR count). The van der Waals surface area contributed by atoms with Crippen molar-refractivity contribution in [2.24, 2.45) is 5.92 Å². The molecule has 7 heteroatoms. The van der Waals surface area contributed by atoms with Gasteiger partial charge in [-0.2, -0.15) is 5.26 Å². The van der Waals surface area contributed by atoms with Crippen LogP contribution in [0.2, 0.25) is 0 Å². The number of carbonyl (C=O) groups excluding carboxylic acids is 2. The molecule has 0 saturated carbocycles. The number of aliphatic hydroxyl groups is 1. The third kappa shape index (κ3) is 4.80. The van der Waals surface area contributed by atoms with E-state index in [4.69, 9.17) is 14.7 Å². The molecule has 36 heavy (non-hydrogen) atoms. The maximum absolute atomic E-state index is 13.3. The molecule has 7 nitrogen and oxygen atoms in total. The number of ketones is 1. The zero-order chi connectivity index (χ0) is 25.8. The number of rotatable bonds is 7. The number of ether oxygens (including phenoxy) is 2. The van der Waals surface area contributed by atoms with E-state index in [-0.39, 0.29) is 11.3 Å². The van der Waals surface area contributed by atoms with Gasteiger partial charge in [0, 0.05) is 11.3 Å². The maximum Gasteiger partial charge on any atom is 0.300 e. The summed E-state index contributed by atoms with van der Waals surface area (Å²) in [4.78, 5) is 27.9. The van der Waals surface area contributed by atoms with Gasteiger partial charge in [0.1, 0.15) is 17.3 Å². The Morgan fingerprint density at radius 2 is 1.72 bits per heavy atom. The molecule has 0 bridgehead atoms. The van der Waals surface area contributed by atoms with Crippen molar-refractivity contribution in [3.63, 3.8) is 0 Å². The molecule has 182 valence electrons. The number of methoxy groups -OCH3 is 1. The van der Waals surface area contributed by atoms with Crippen LogP contribution in [0.5, 0.6) is 11.5 Å². The van der Waals surface area contributed by atoms with Gasteiger partial charge in [0.05, 0.1) is 37.0 Å². The number of benzene rings is 3. The monoisotopic (exact) mass is 482 g/mol. The lowest BCUT2D eigenvalue weighted by molar-refractivity contribution is -0.132. The summed E-state index contributed by atoms with van der Waals surface area (Å²) >= 11 is 0. The maximum atomic E-state index is 13.3. The zero-order valence-electron chi connectivity index (χ0n) is 20.3. The van der Waals surface area contributed by atoms with Gasteiger partial charge in [0.25, 0.3) is 11.7 Å². The number of nitriles is 1. The van der Waals surface area contributed by atoms with E-state index in [9.17, 15) is 14.7 Å². The van der Waals surface area contributed by atoms with Crippen LogP contribution >= 0.6 is 0 Å². The Labute approximate surface area is 209 Å². The summed E-state index contributed by atoms with van der Waals surface area (Å²) < 4.78 is 11.0. The molecule has 3 aromatic rings. The van der Waals surface area contributed by atoms with Gasteiger partial charge in [0.2, 0.25) is 0 Å². The molecule has 1 unspecified atom stereocenters. The molecule has 0 radical (unpaired) electrons. The molecule has 1 N–H and O–H groups in total. The molecule has 0 spiro atoms. The van der Waals surface area contributed by atoms with Crippen molar-refractivity contribution in [2.75, 3.05) is 18.6 Å². The number of aliphatic hydroxyl groups excluding tert-OH is 1. The number of nitrogens with zero attached hydrogens (tertiary/aromatic N) is 2. The Bertz CT molecular complexity index is 1350. The van der Waals surface area contributed by atoms with Gasteiger partial charge < -0.3 is 14.6 Å². The van der Waals surface area contributed by atoms with Crippen LogP contribution in [0.15, 0.2) is 78.4 Å². The SMILES string of the molecule is COc1ccc(C2/C(=C(/O)c3cccc(OCC(C)C)c3)C(=O)C(=O)N2c2ccc(C#N)cc2)cc1.